The second kappa shape index (κ2) is 6.39. The molecule has 30 heavy (non-hydrogen) atoms. The molecule has 0 aromatic carbocycles. The highest BCUT2D eigenvalue weighted by Gasteiger charge is 2.66. The number of Topliss-reactive ketones (excluding diaryl/α,β-unsaturated/α-hetero) is 1. The first-order valence-electron chi connectivity index (χ1n) is 11.5. The lowest BCUT2D eigenvalue weighted by Crippen LogP contribution is -2.68. The van der Waals surface area contributed by atoms with Gasteiger partial charge < -0.3 is 19.7 Å². The molecular formula is C24H34O6. The van der Waals surface area contributed by atoms with Crippen LogP contribution in [0.2, 0.25) is 0 Å². The Bertz CT molecular complexity index is 826. The topological polar surface area (TPSA) is 93.1 Å². The summed E-state index contributed by atoms with van der Waals surface area (Å²) in [6.45, 7) is 8.32. The van der Waals surface area contributed by atoms with Crippen molar-refractivity contribution in [1.82, 2.24) is 0 Å². The van der Waals surface area contributed by atoms with Crippen molar-refractivity contribution >= 4 is 11.8 Å². The monoisotopic (exact) mass is 418 g/mol. The molecule has 5 rings (SSSR count). The zero-order valence-corrected chi connectivity index (χ0v) is 18.4. The van der Waals surface area contributed by atoms with Crippen LogP contribution >= 0.6 is 0 Å². The third-order valence-corrected chi connectivity index (χ3v) is 9.36. The number of ketones is 1. The number of fused-ring (bicyclic) bond motifs is 5. The molecule has 1 heterocycles. The van der Waals surface area contributed by atoms with Crippen molar-refractivity contribution in [2.24, 2.45) is 28.6 Å². The van der Waals surface area contributed by atoms with Crippen molar-refractivity contribution in [3.8, 4) is 0 Å². The molecule has 1 saturated heterocycles. The highest BCUT2D eigenvalue weighted by atomic mass is 16.5. The minimum absolute atomic E-state index is 0.0650. The minimum Gasteiger partial charge on any atom is -0.449 e. The van der Waals surface area contributed by atoms with Gasteiger partial charge in [0.2, 0.25) is 0 Å². The van der Waals surface area contributed by atoms with Crippen LogP contribution in [0.25, 0.3) is 0 Å². The number of hydrogen-bond acceptors (Lipinski definition) is 6. The SMILES string of the molecule is CC1=C2[C@@H](OC(=O)C3CC3)C(=O)[C@@]3(C)C(C[C@](O)(CC1)C2(C)C)[C@@H]1CO[C@@H]1C[C@@H]3O. The Morgan fingerprint density at radius 2 is 1.93 bits per heavy atom. The van der Waals surface area contributed by atoms with Gasteiger partial charge in [0, 0.05) is 17.8 Å². The van der Waals surface area contributed by atoms with E-state index in [-0.39, 0.29) is 35.6 Å². The summed E-state index contributed by atoms with van der Waals surface area (Å²) >= 11 is 0. The predicted molar refractivity (Wildman–Crippen MR) is 108 cm³/mol. The van der Waals surface area contributed by atoms with Crippen LogP contribution < -0.4 is 0 Å². The average Bonchev–Trinajstić information content (AvgIpc) is 3.49. The molecule has 0 aromatic heterocycles. The van der Waals surface area contributed by atoms with Crippen LogP contribution in [0, 0.1) is 28.6 Å². The summed E-state index contributed by atoms with van der Waals surface area (Å²) in [5.74, 6) is -0.728. The van der Waals surface area contributed by atoms with Crippen molar-refractivity contribution in [3.63, 3.8) is 0 Å². The fraction of sp³-hybridized carbons (Fsp3) is 0.833. The Morgan fingerprint density at radius 3 is 2.53 bits per heavy atom. The molecule has 6 heteroatoms. The Balaban J connectivity index is 1.67. The molecule has 0 amide bonds. The highest BCUT2D eigenvalue weighted by Crippen LogP contribution is 2.61. The van der Waals surface area contributed by atoms with Crippen LogP contribution in [0.5, 0.6) is 0 Å². The van der Waals surface area contributed by atoms with Crippen LogP contribution in [0.3, 0.4) is 0 Å². The van der Waals surface area contributed by atoms with Crippen LogP contribution in [-0.2, 0) is 19.1 Å². The zero-order chi connectivity index (χ0) is 21.6. The molecule has 1 aliphatic heterocycles. The maximum Gasteiger partial charge on any atom is 0.309 e. The molecular weight excluding hydrogens is 384 g/mol. The maximum absolute atomic E-state index is 14.2. The van der Waals surface area contributed by atoms with Crippen molar-refractivity contribution in [2.75, 3.05) is 6.61 Å². The molecule has 5 aliphatic rings. The molecule has 3 saturated carbocycles. The number of allylic oxidation sites excluding steroid dienone is 1. The molecule has 0 spiro atoms. The van der Waals surface area contributed by atoms with E-state index in [1.54, 1.807) is 0 Å². The summed E-state index contributed by atoms with van der Waals surface area (Å²) in [6.07, 6.45) is 1.75. The molecule has 7 atom stereocenters. The lowest BCUT2D eigenvalue weighted by atomic mass is 9.47. The molecule has 4 aliphatic carbocycles. The van der Waals surface area contributed by atoms with Gasteiger partial charge in [0.15, 0.2) is 11.9 Å². The molecule has 1 unspecified atom stereocenters. The largest absolute Gasteiger partial charge is 0.449 e. The number of esters is 1. The molecule has 0 aromatic rings. The van der Waals surface area contributed by atoms with E-state index in [9.17, 15) is 19.8 Å². The average molecular weight is 419 g/mol. The maximum atomic E-state index is 14.2. The van der Waals surface area contributed by atoms with Crippen LogP contribution in [0.4, 0.5) is 0 Å². The second-order valence-corrected chi connectivity index (χ2v) is 11.2. The lowest BCUT2D eigenvalue weighted by Gasteiger charge is -2.62. The van der Waals surface area contributed by atoms with Gasteiger partial charge in [-0.25, -0.2) is 0 Å². The van der Waals surface area contributed by atoms with Gasteiger partial charge in [0.1, 0.15) is 0 Å². The van der Waals surface area contributed by atoms with Gasteiger partial charge >= 0.3 is 5.97 Å². The fourth-order valence-corrected chi connectivity index (χ4v) is 6.78. The first-order valence-corrected chi connectivity index (χ1v) is 11.5. The normalized spacial score (nSPS) is 47.4. The van der Waals surface area contributed by atoms with E-state index in [0.29, 0.717) is 32.3 Å². The number of aliphatic hydroxyl groups is 2. The van der Waals surface area contributed by atoms with Gasteiger partial charge in [-0.15, -0.1) is 0 Å². The smallest absolute Gasteiger partial charge is 0.309 e. The van der Waals surface area contributed by atoms with Crippen molar-refractivity contribution in [3.05, 3.63) is 11.1 Å². The predicted octanol–water partition coefficient (Wildman–Crippen LogP) is 2.55. The van der Waals surface area contributed by atoms with E-state index in [0.717, 1.165) is 24.0 Å². The molecule has 6 nitrogen and oxygen atoms in total. The number of carbonyl (C=O) groups is 2. The lowest BCUT2D eigenvalue weighted by molar-refractivity contribution is -0.242. The van der Waals surface area contributed by atoms with Crippen molar-refractivity contribution < 1.29 is 29.3 Å². The Hall–Kier alpha value is -1.24. The van der Waals surface area contributed by atoms with E-state index in [2.05, 4.69) is 0 Å². The van der Waals surface area contributed by atoms with Gasteiger partial charge in [0.25, 0.3) is 0 Å². The van der Waals surface area contributed by atoms with Gasteiger partial charge in [-0.05, 0) is 57.4 Å². The van der Waals surface area contributed by atoms with Crippen molar-refractivity contribution in [2.45, 2.75) is 90.1 Å². The van der Waals surface area contributed by atoms with Gasteiger partial charge in [-0.3, -0.25) is 9.59 Å². The number of aliphatic hydroxyl groups excluding tert-OH is 1. The van der Waals surface area contributed by atoms with E-state index in [4.69, 9.17) is 9.47 Å². The number of hydrogen-bond donors (Lipinski definition) is 2. The van der Waals surface area contributed by atoms with Gasteiger partial charge in [0.05, 0.1) is 35.7 Å². The van der Waals surface area contributed by atoms with Crippen LogP contribution in [0.1, 0.15) is 66.2 Å². The zero-order valence-electron chi connectivity index (χ0n) is 18.4. The summed E-state index contributed by atoms with van der Waals surface area (Å²) in [5, 5.41) is 23.1. The number of ether oxygens (including phenoxy) is 2. The minimum atomic E-state index is -1.08. The highest BCUT2D eigenvalue weighted by molar-refractivity contribution is 5.95. The quantitative estimate of drug-likeness (QED) is 0.529. The summed E-state index contributed by atoms with van der Waals surface area (Å²) in [6, 6.07) is 0. The molecule has 0 radical (unpaired) electrons. The Labute approximate surface area is 178 Å². The first kappa shape index (κ1) is 20.7. The first-order chi connectivity index (χ1) is 14.0. The summed E-state index contributed by atoms with van der Waals surface area (Å²) in [5.41, 5.74) is -1.05. The third kappa shape index (κ3) is 2.59. The third-order valence-electron chi connectivity index (χ3n) is 9.36. The van der Waals surface area contributed by atoms with Crippen LogP contribution in [0.15, 0.2) is 11.1 Å². The number of rotatable bonds is 2. The van der Waals surface area contributed by atoms with Crippen LogP contribution in [-0.4, -0.2) is 52.5 Å². The molecule has 4 fully saturated rings. The molecule has 2 bridgehead atoms. The van der Waals surface area contributed by atoms with E-state index < -0.39 is 28.6 Å². The fourth-order valence-electron chi connectivity index (χ4n) is 6.78. The van der Waals surface area contributed by atoms with E-state index in [1.165, 1.54) is 0 Å². The summed E-state index contributed by atoms with van der Waals surface area (Å²) in [4.78, 5) is 26.9. The Morgan fingerprint density at radius 1 is 1.23 bits per heavy atom. The van der Waals surface area contributed by atoms with Gasteiger partial charge in [-0.2, -0.15) is 0 Å². The summed E-state index contributed by atoms with van der Waals surface area (Å²) < 4.78 is 11.6. The van der Waals surface area contributed by atoms with Gasteiger partial charge in [-0.1, -0.05) is 19.4 Å². The van der Waals surface area contributed by atoms with E-state index >= 15 is 0 Å². The van der Waals surface area contributed by atoms with Crippen molar-refractivity contribution in [1.29, 1.82) is 0 Å². The Kier molecular flexibility index (Phi) is 4.40. The number of carbonyl (C=O) groups excluding carboxylic acids is 2. The standard InChI is InChI=1S/C24H34O6/c1-12-7-8-24(28)10-15-14-11-29-16(14)9-17(25)23(15,4)20(26)19(18(12)22(24,2)3)30-21(27)13-5-6-13/h13-17,19,25,28H,5-11H2,1-4H3/t14-,15?,16+,17-,19+,23-,24+/m0/s1. The second-order valence-electron chi connectivity index (χ2n) is 11.2. The van der Waals surface area contributed by atoms with E-state index in [1.807, 2.05) is 27.7 Å². The molecule has 2 N–H and O–H groups in total. The summed E-state index contributed by atoms with van der Waals surface area (Å²) in [7, 11) is 0. The molecule has 166 valence electrons.